The van der Waals surface area contributed by atoms with Crippen molar-refractivity contribution in [1.82, 2.24) is 5.32 Å². The van der Waals surface area contributed by atoms with Gasteiger partial charge in [-0.15, -0.1) is 0 Å². The zero-order valence-corrected chi connectivity index (χ0v) is 15.2. The summed E-state index contributed by atoms with van der Waals surface area (Å²) in [4.78, 5) is 12.0. The lowest BCUT2D eigenvalue weighted by Crippen LogP contribution is -2.28. The summed E-state index contributed by atoms with van der Waals surface area (Å²) < 4.78 is 16.0. The van der Waals surface area contributed by atoms with Crippen LogP contribution in [0.25, 0.3) is 0 Å². The van der Waals surface area contributed by atoms with Gasteiger partial charge in [0.1, 0.15) is 5.75 Å². The molecule has 25 heavy (non-hydrogen) atoms. The highest BCUT2D eigenvalue weighted by molar-refractivity contribution is 5.77. The quantitative estimate of drug-likeness (QED) is 0.797. The van der Waals surface area contributed by atoms with E-state index in [0.29, 0.717) is 29.7 Å². The Morgan fingerprint density at radius 1 is 1.04 bits per heavy atom. The van der Waals surface area contributed by atoms with Crippen LogP contribution in [0.3, 0.4) is 0 Å². The van der Waals surface area contributed by atoms with Gasteiger partial charge in [-0.25, -0.2) is 0 Å². The van der Waals surface area contributed by atoms with Gasteiger partial charge >= 0.3 is 0 Å². The smallest absolute Gasteiger partial charge is 0.258 e. The normalized spacial score (nSPS) is 10.4. The van der Waals surface area contributed by atoms with E-state index < -0.39 is 0 Å². The van der Waals surface area contributed by atoms with Gasteiger partial charge in [-0.1, -0.05) is 32.0 Å². The predicted octanol–water partition coefficient (Wildman–Crippen LogP) is 3.52. The second-order valence-electron chi connectivity index (χ2n) is 5.98. The molecule has 0 spiro atoms. The van der Waals surface area contributed by atoms with Gasteiger partial charge in [0, 0.05) is 6.54 Å². The molecule has 1 amide bonds. The van der Waals surface area contributed by atoms with Crippen LogP contribution in [0.5, 0.6) is 17.2 Å². The lowest BCUT2D eigenvalue weighted by Gasteiger charge is -2.11. The van der Waals surface area contributed by atoms with E-state index in [-0.39, 0.29) is 12.5 Å². The molecule has 5 heteroatoms. The molecule has 0 aliphatic carbocycles. The van der Waals surface area contributed by atoms with Crippen molar-refractivity contribution in [3.63, 3.8) is 0 Å². The van der Waals surface area contributed by atoms with E-state index >= 15 is 0 Å². The van der Waals surface area contributed by atoms with E-state index in [9.17, 15) is 4.79 Å². The molecule has 0 heterocycles. The van der Waals surface area contributed by atoms with Crippen molar-refractivity contribution in [3.05, 3.63) is 53.6 Å². The fraction of sp³-hybridized carbons (Fsp3) is 0.350. The number of methoxy groups -OCH3 is 2. The van der Waals surface area contributed by atoms with Crippen LogP contribution in [0, 0.1) is 0 Å². The van der Waals surface area contributed by atoms with Crippen LogP contribution in [-0.4, -0.2) is 26.7 Å². The van der Waals surface area contributed by atoms with Gasteiger partial charge in [0.15, 0.2) is 18.1 Å². The third-order valence-corrected chi connectivity index (χ3v) is 3.83. The standard InChI is InChI=1S/C20H25NO4/c1-14(2)16-6-5-7-17(11-16)25-13-20(22)21-12-15-8-9-18(23-3)19(10-15)24-4/h5-11,14H,12-13H2,1-4H3,(H,21,22). The Kier molecular flexibility index (Phi) is 6.69. The number of ether oxygens (including phenoxy) is 3. The molecule has 0 saturated heterocycles. The summed E-state index contributed by atoms with van der Waals surface area (Å²) in [5.74, 6) is 2.24. The number of rotatable bonds is 8. The van der Waals surface area contributed by atoms with Gasteiger partial charge in [-0.3, -0.25) is 4.79 Å². The van der Waals surface area contributed by atoms with E-state index in [1.807, 2.05) is 36.4 Å². The third-order valence-electron chi connectivity index (χ3n) is 3.83. The molecule has 0 bridgehead atoms. The van der Waals surface area contributed by atoms with Crippen LogP contribution >= 0.6 is 0 Å². The van der Waals surface area contributed by atoms with Gasteiger partial charge in [0.05, 0.1) is 14.2 Å². The Hall–Kier alpha value is -2.69. The third kappa shape index (κ3) is 5.41. The molecule has 0 atom stereocenters. The molecule has 0 aromatic heterocycles. The highest BCUT2D eigenvalue weighted by atomic mass is 16.5. The minimum atomic E-state index is -0.176. The van der Waals surface area contributed by atoms with Crippen LogP contribution in [0.15, 0.2) is 42.5 Å². The fourth-order valence-corrected chi connectivity index (χ4v) is 2.35. The number of hydrogen-bond acceptors (Lipinski definition) is 4. The SMILES string of the molecule is COc1ccc(CNC(=O)COc2cccc(C(C)C)c2)cc1OC. The van der Waals surface area contributed by atoms with E-state index in [1.165, 1.54) is 5.56 Å². The monoisotopic (exact) mass is 343 g/mol. The Balaban J connectivity index is 1.86. The molecule has 2 aromatic rings. The van der Waals surface area contributed by atoms with Crippen LogP contribution < -0.4 is 19.5 Å². The number of carbonyl (C=O) groups is 1. The van der Waals surface area contributed by atoms with Crippen molar-refractivity contribution in [2.45, 2.75) is 26.3 Å². The van der Waals surface area contributed by atoms with E-state index in [1.54, 1.807) is 14.2 Å². The maximum absolute atomic E-state index is 12.0. The Bertz CT molecular complexity index is 713. The summed E-state index contributed by atoms with van der Waals surface area (Å²) in [7, 11) is 3.17. The molecule has 0 saturated carbocycles. The Labute approximate surface area is 148 Å². The molecular weight excluding hydrogens is 318 g/mol. The number of hydrogen-bond donors (Lipinski definition) is 1. The first-order chi connectivity index (χ1) is 12.0. The zero-order valence-electron chi connectivity index (χ0n) is 15.2. The van der Waals surface area contributed by atoms with Gasteiger partial charge in [0.25, 0.3) is 5.91 Å². The van der Waals surface area contributed by atoms with E-state index in [0.717, 1.165) is 5.56 Å². The molecular formula is C20H25NO4. The van der Waals surface area contributed by atoms with Crippen molar-refractivity contribution in [2.24, 2.45) is 0 Å². The fourth-order valence-electron chi connectivity index (χ4n) is 2.35. The highest BCUT2D eigenvalue weighted by Gasteiger charge is 2.07. The maximum Gasteiger partial charge on any atom is 0.258 e. The van der Waals surface area contributed by atoms with Crippen LogP contribution in [0.1, 0.15) is 30.9 Å². The molecule has 0 radical (unpaired) electrons. The first-order valence-corrected chi connectivity index (χ1v) is 8.24. The average molecular weight is 343 g/mol. The summed E-state index contributed by atoms with van der Waals surface area (Å²) >= 11 is 0. The molecule has 0 aliphatic heterocycles. The lowest BCUT2D eigenvalue weighted by atomic mass is 10.0. The number of carbonyl (C=O) groups excluding carboxylic acids is 1. The van der Waals surface area contributed by atoms with Crippen LogP contribution in [0.2, 0.25) is 0 Å². The minimum absolute atomic E-state index is 0.0190. The summed E-state index contributed by atoms with van der Waals surface area (Å²) in [5, 5.41) is 2.84. The summed E-state index contributed by atoms with van der Waals surface area (Å²) in [6.07, 6.45) is 0. The Morgan fingerprint density at radius 3 is 2.48 bits per heavy atom. The molecule has 2 aromatic carbocycles. The van der Waals surface area contributed by atoms with Crippen molar-refractivity contribution >= 4 is 5.91 Å². The lowest BCUT2D eigenvalue weighted by molar-refractivity contribution is -0.123. The van der Waals surface area contributed by atoms with Crippen molar-refractivity contribution in [2.75, 3.05) is 20.8 Å². The van der Waals surface area contributed by atoms with Crippen LogP contribution in [-0.2, 0) is 11.3 Å². The molecule has 5 nitrogen and oxygen atoms in total. The number of amides is 1. The number of nitrogens with one attached hydrogen (secondary N) is 1. The van der Waals surface area contributed by atoms with Gasteiger partial charge in [-0.2, -0.15) is 0 Å². The van der Waals surface area contributed by atoms with Crippen molar-refractivity contribution in [3.8, 4) is 17.2 Å². The van der Waals surface area contributed by atoms with Crippen molar-refractivity contribution in [1.29, 1.82) is 0 Å². The summed E-state index contributed by atoms with van der Waals surface area (Å²) in [5.41, 5.74) is 2.11. The minimum Gasteiger partial charge on any atom is -0.493 e. The van der Waals surface area contributed by atoms with E-state index in [2.05, 4.69) is 25.2 Å². The molecule has 0 fully saturated rings. The van der Waals surface area contributed by atoms with Gasteiger partial charge in [-0.05, 0) is 41.3 Å². The highest BCUT2D eigenvalue weighted by Crippen LogP contribution is 2.27. The molecule has 1 N–H and O–H groups in total. The van der Waals surface area contributed by atoms with Gasteiger partial charge < -0.3 is 19.5 Å². The van der Waals surface area contributed by atoms with Crippen LogP contribution in [0.4, 0.5) is 0 Å². The summed E-state index contributed by atoms with van der Waals surface area (Å²) in [6, 6.07) is 13.3. The van der Waals surface area contributed by atoms with Crippen molar-refractivity contribution < 1.29 is 19.0 Å². The molecule has 0 aliphatic rings. The predicted molar refractivity (Wildman–Crippen MR) is 97.4 cm³/mol. The second-order valence-corrected chi connectivity index (χ2v) is 5.98. The molecule has 2 rings (SSSR count). The first kappa shape index (κ1) is 18.6. The second kappa shape index (κ2) is 8.97. The first-order valence-electron chi connectivity index (χ1n) is 8.24. The zero-order chi connectivity index (χ0) is 18.2. The van der Waals surface area contributed by atoms with E-state index in [4.69, 9.17) is 14.2 Å². The molecule has 134 valence electrons. The largest absolute Gasteiger partial charge is 0.493 e. The average Bonchev–Trinajstić information content (AvgIpc) is 2.64. The Morgan fingerprint density at radius 2 is 1.80 bits per heavy atom. The van der Waals surface area contributed by atoms with Gasteiger partial charge in [0.2, 0.25) is 0 Å². The molecule has 0 unspecified atom stereocenters. The summed E-state index contributed by atoms with van der Waals surface area (Å²) in [6.45, 7) is 4.62. The number of benzene rings is 2. The topological polar surface area (TPSA) is 56.8 Å². The maximum atomic E-state index is 12.0.